The molecule has 2 aromatic rings. The second-order valence-electron chi connectivity index (χ2n) is 5.85. The van der Waals surface area contributed by atoms with Crippen molar-refractivity contribution < 1.29 is 9.21 Å². The van der Waals surface area contributed by atoms with Crippen LogP contribution in [0, 0.1) is 11.3 Å². The molecule has 1 aromatic heterocycles. The Labute approximate surface area is 151 Å². The summed E-state index contributed by atoms with van der Waals surface area (Å²) in [4.78, 5) is 14.4. The van der Waals surface area contributed by atoms with E-state index in [1.54, 1.807) is 30.3 Å². The fourth-order valence-electron chi connectivity index (χ4n) is 2.73. The number of anilines is 2. The minimum Gasteiger partial charge on any atom is -0.441 e. The zero-order valence-corrected chi connectivity index (χ0v) is 14.4. The number of nitrogens with one attached hydrogen (secondary N) is 1. The molecule has 0 atom stereocenters. The van der Waals surface area contributed by atoms with Gasteiger partial charge in [-0.2, -0.15) is 5.26 Å². The SMILES string of the molecule is N#C/C(=C/c1ccc(N2CCCCC2)o1)C(=O)Nc1ccc(Cl)cc1. The molecule has 128 valence electrons. The van der Waals surface area contributed by atoms with Crippen molar-refractivity contribution in [2.75, 3.05) is 23.3 Å². The normalized spacial score (nSPS) is 14.9. The van der Waals surface area contributed by atoms with Crippen LogP contribution in [0.15, 0.2) is 46.4 Å². The molecule has 25 heavy (non-hydrogen) atoms. The predicted molar refractivity (Wildman–Crippen MR) is 98.4 cm³/mol. The molecular formula is C19H18ClN3O2. The highest BCUT2D eigenvalue weighted by Crippen LogP contribution is 2.24. The first-order valence-electron chi connectivity index (χ1n) is 8.19. The highest BCUT2D eigenvalue weighted by Gasteiger charge is 2.15. The van der Waals surface area contributed by atoms with E-state index in [0.717, 1.165) is 31.8 Å². The Morgan fingerprint density at radius 1 is 1.16 bits per heavy atom. The molecule has 0 aliphatic carbocycles. The van der Waals surface area contributed by atoms with Crippen LogP contribution in [0.25, 0.3) is 6.08 Å². The van der Waals surface area contributed by atoms with E-state index in [1.165, 1.54) is 12.5 Å². The van der Waals surface area contributed by atoms with Gasteiger partial charge >= 0.3 is 0 Å². The summed E-state index contributed by atoms with van der Waals surface area (Å²) in [5.41, 5.74) is 0.554. The van der Waals surface area contributed by atoms with Crippen LogP contribution in [-0.2, 0) is 4.79 Å². The fraction of sp³-hybridized carbons (Fsp3) is 0.263. The lowest BCUT2D eigenvalue weighted by Crippen LogP contribution is -2.28. The molecule has 0 bridgehead atoms. The molecule has 6 heteroatoms. The number of halogens is 1. The number of nitriles is 1. The first-order chi connectivity index (χ1) is 12.2. The van der Waals surface area contributed by atoms with Gasteiger partial charge in [-0.05, 0) is 49.6 Å². The number of piperidine rings is 1. The molecule has 2 heterocycles. The van der Waals surface area contributed by atoms with Gasteiger partial charge in [0.25, 0.3) is 5.91 Å². The Bertz CT molecular complexity index is 812. The Morgan fingerprint density at radius 3 is 2.56 bits per heavy atom. The number of amides is 1. The van der Waals surface area contributed by atoms with Crippen LogP contribution >= 0.6 is 11.6 Å². The molecule has 1 saturated heterocycles. The third-order valence-corrected chi connectivity index (χ3v) is 4.29. The van der Waals surface area contributed by atoms with Crippen molar-refractivity contribution in [3.05, 3.63) is 52.8 Å². The molecule has 1 aliphatic heterocycles. The monoisotopic (exact) mass is 355 g/mol. The van der Waals surface area contributed by atoms with E-state index >= 15 is 0 Å². The third kappa shape index (κ3) is 4.43. The van der Waals surface area contributed by atoms with Crippen LogP contribution in [0.3, 0.4) is 0 Å². The fourth-order valence-corrected chi connectivity index (χ4v) is 2.85. The largest absolute Gasteiger partial charge is 0.441 e. The van der Waals surface area contributed by atoms with E-state index in [0.29, 0.717) is 16.5 Å². The average molecular weight is 356 g/mol. The summed E-state index contributed by atoms with van der Waals surface area (Å²) >= 11 is 5.82. The van der Waals surface area contributed by atoms with Crippen LogP contribution in [0.1, 0.15) is 25.0 Å². The number of carbonyl (C=O) groups is 1. The lowest BCUT2D eigenvalue weighted by Gasteiger charge is -2.25. The summed E-state index contributed by atoms with van der Waals surface area (Å²) in [6.07, 6.45) is 5.00. The third-order valence-electron chi connectivity index (χ3n) is 4.03. The summed E-state index contributed by atoms with van der Waals surface area (Å²) in [7, 11) is 0. The van der Waals surface area contributed by atoms with Gasteiger partial charge in [-0.25, -0.2) is 0 Å². The summed E-state index contributed by atoms with van der Waals surface area (Å²) < 4.78 is 5.77. The van der Waals surface area contributed by atoms with Gasteiger partial charge < -0.3 is 14.6 Å². The second kappa shape index (κ2) is 7.91. The van der Waals surface area contributed by atoms with E-state index in [1.807, 2.05) is 12.1 Å². The number of hydrogen-bond donors (Lipinski definition) is 1. The van der Waals surface area contributed by atoms with Crippen LogP contribution in [0.5, 0.6) is 0 Å². The predicted octanol–water partition coefficient (Wildman–Crippen LogP) is 4.47. The zero-order valence-electron chi connectivity index (χ0n) is 13.7. The van der Waals surface area contributed by atoms with Crippen molar-refractivity contribution in [1.29, 1.82) is 5.26 Å². The maximum absolute atomic E-state index is 12.3. The number of nitrogens with zero attached hydrogens (tertiary/aromatic N) is 2. The van der Waals surface area contributed by atoms with Gasteiger partial charge in [0.05, 0.1) is 0 Å². The van der Waals surface area contributed by atoms with Crippen LogP contribution in [0.4, 0.5) is 11.6 Å². The van der Waals surface area contributed by atoms with E-state index in [2.05, 4.69) is 10.2 Å². The minimum atomic E-state index is -0.485. The minimum absolute atomic E-state index is 0.0190. The maximum atomic E-state index is 12.3. The van der Waals surface area contributed by atoms with Crippen molar-refractivity contribution in [3.63, 3.8) is 0 Å². The van der Waals surface area contributed by atoms with E-state index in [4.69, 9.17) is 16.0 Å². The van der Waals surface area contributed by atoms with Gasteiger partial charge in [-0.3, -0.25) is 4.79 Å². The Balaban J connectivity index is 1.71. The molecule has 0 unspecified atom stereocenters. The lowest BCUT2D eigenvalue weighted by molar-refractivity contribution is -0.112. The van der Waals surface area contributed by atoms with E-state index < -0.39 is 5.91 Å². The summed E-state index contributed by atoms with van der Waals surface area (Å²) in [5, 5.41) is 12.5. The van der Waals surface area contributed by atoms with Gasteiger partial charge in [-0.1, -0.05) is 11.6 Å². The number of hydrogen-bond acceptors (Lipinski definition) is 4. The standard InChI is InChI=1S/C19H18ClN3O2/c20-15-4-6-16(7-5-15)22-19(24)14(13-21)12-17-8-9-18(25-17)23-10-2-1-3-11-23/h4-9,12H,1-3,10-11H2,(H,22,24)/b14-12-. The summed E-state index contributed by atoms with van der Waals surface area (Å²) in [5.74, 6) is 0.783. The van der Waals surface area contributed by atoms with Gasteiger partial charge in [0.2, 0.25) is 0 Å². The molecule has 0 spiro atoms. The molecule has 1 N–H and O–H groups in total. The number of furan rings is 1. The van der Waals surface area contributed by atoms with Gasteiger partial charge in [0.1, 0.15) is 17.4 Å². The first-order valence-corrected chi connectivity index (χ1v) is 8.57. The van der Waals surface area contributed by atoms with Crippen LogP contribution in [0.2, 0.25) is 5.02 Å². The molecule has 1 aromatic carbocycles. The van der Waals surface area contributed by atoms with Crippen molar-refractivity contribution in [2.24, 2.45) is 0 Å². The molecule has 1 aliphatic rings. The molecule has 1 amide bonds. The van der Waals surface area contributed by atoms with Gasteiger partial charge in [0.15, 0.2) is 5.88 Å². The highest BCUT2D eigenvalue weighted by molar-refractivity contribution is 6.30. The second-order valence-corrected chi connectivity index (χ2v) is 6.29. The first kappa shape index (κ1) is 17.1. The van der Waals surface area contributed by atoms with Gasteiger partial charge in [-0.15, -0.1) is 0 Å². The highest BCUT2D eigenvalue weighted by atomic mass is 35.5. The topological polar surface area (TPSA) is 69.3 Å². The Morgan fingerprint density at radius 2 is 1.88 bits per heavy atom. The Hall–Kier alpha value is -2.71. The van der Waals surface area contributed by atoms with Crippen molar-refractivity contribution in [2.45, 2.75) is 19.3 Å². The quantitative estimate of drug-likeness (QED) is 0.649. The molecular weight excluding hydrogens is 338 g/mol. The molecule has 0 radical (unpaired) electrons. The molecule has 5 nitrogen and oxygen atoms in total. The summed E-state index contributed by atoms with van der Waals surface area (Å²) in [6, 6.07) is 12.3. The maximum Gasteiger partial charge on any atom is 0.266 e. The number of carbonyl (C=O) groups excluding carboxylic acids is 1. The van der Waals surface area contributed by atoms with E-state index in [-0.39, 0.29) is 5.57 Å². The zero-order chi connectivity index (χ0) is 17.6. The summed E-state index contributed by atoms with van der Waals surface area (Å²) in [6.45, 7) is 1.94. The smallest absolute Gasteiger partial charge is 0.266 e. The Kier molecular flexibility index (Phi) is 5.42. The van der Waals surface area contributed by atoms with Crippen molar-refractivity contribution in [3.8, 4) is 6.07 Å². The number of benzene rings is 1. The van der Waals surface area contributed by atoms with E-state index in [9.17, 15) is 10.1 Å². The van der Waals surface area contributed by atoms with Crippen molar-refractivity contribution >= 4 is 35.2 Å². The lowest BCUT2D eigenvalue weighted by atomic mass is 10.1. The van der Waals surface area contributed by atoms with Crippen molar-refractivity contribution in [1.82, 2.24) is 0 Å². The number of rotatable bonds is 4. The van der Waals surface area contributed by atoms with Crippen LogP contribution < -0.4 is 10.2 Å². The average Bonchev–Trinajstić information content (AvgIpc) is 3.11. The molecule has 1 fully saturated rings. The molecule has 3 rings (SSSR count). The van der Waals surface area contributed by atoms with Crippen LogP contribution in [-0.4, -0.2) is 19.0 Å². The van der Waals surface area contributed by atoms with Gasteiger partial charge in [0, 0.05) is 35.9 Å². The molecule has 0 saturated carbocycles.